The number of rotatable bonds is 3. The molecule has 0 bridgehead atoms. The second kappa shape index (κ2) is 6.43. The van der Waals surface area contributed by atoms with Gasteiger partial charge in [-0.3, -0.25) is 9.67 Å². The average molecular weight is 283 g/mol. The summed E-state index contributed by atoms with van der Waals surface area (Å²) in [5.41, 5.74) is 2.86. The number of aliphatic imine (C=N–C) groups is 1. The number of guanidine groups is 1. The summed E-state index contributed by atoms with van der Waals surface area (Å²) in [6.45, 7) is 3.61. The van der Waals surface area contributed by atoms with E-state index in [9.17, 15) is 0 Å². The van der Waals surface area contributed by atoms with E-state index in [4.69, 9.17) is 0 Å². The second-order valence-electron chi connectivity index (χ2n) is 5.18. The molecule has 0 radical (unpaired) electrons. The first-order valence-corrected chi connectivity index (χ1v) is 7.36. The van der Waals surface area contributed by atoms with Crippen molar-refractivity contribution in [3.8, 4) is 0 Å². The Bertz CT molecular complexity index is 603. The molecule has 2 heterocycles. The second-order valence-corrected chi connectivity index (χ2v) is 5.18. The number of nitrogens with one attached hydrogen (secondary N) is 1. The summed E-state index contributed by atoms with van der Waals surface area (Å²) in [6, 6.07) is 10.6. The van der Waals surface area contributed by atoms with Gasteiger partial charge in [0.05, 0.1) is 6.54 Å². The maximum Gasteiger partial charge on any atom is 0.194 e. The molecule has 0 fully saturated rings. The average Bonchev–Trinajstić information content (AvgIpc) is 3.04. The quantitative estimate of drug-likeness (QED) is 0.686. The molecule has 0 unspecified atom stereocenters. The lowest BCUT2D eigenvalue weighted by molar-refractivity contribution is 0.377. The van der Waals surface area contributed by atoms with Crippen molar-refractivity contribution in [1.29, 1.82) is 0 Å². The van der Waals surface area contributed by atoms with Crippen molar-refractivity contribution in [3.63, 3.8) is 0 Å². The highest BCUT2D eigenvalue weighted by molar-refractivity contribution is 5.80. The van der Waals surface area contributed by atoms with E-state index in [1.165, 1.54) is 11.1 Å². The molecule has 1 aliphatic heterocycles. The van der Waals surface area contributed by atoms with Crippen LogP contribution in [0.1, 0.15) is 11.1 Å². The van der Waals surface area contributed by atoms with Crippen molar-refractivity contribution in [3.05, 3.63) is 53.9 Å². The van der Waals surface area contributed by atoms with E-state index in [2.05, 4.69) is 44.6 Å². The Balaban J connectivity index is 1.57. The summed E-state index contributed by atoms with van der Waals surface area (Å²) in [4.78, 5) is 6.72. The van der Waals surface area contributed by atoms with Gasteiger partial charge in [-0.15, -0.1) is 0 Å². The van der Waals surface area contributed by atoms with Gasteiger partial charge in [0.1, 0.15) is 0 Å². The van der Waals surface area contributed by atoms with Crippen LogP contribution in [0.4, 0.5) is 0 Å². The predicted octanol–water partition coefficient (Wildman–Crippen LogP) is 1.52. The lowest BCUT2D eigenvalue weighted by Gasteiger charge is -2.31. The highest BCUT2D eigenvalue weighted by Gasteiger charge is 2.18. The van der Waals surface area contributed by atoms with Gasteiger partial charge in [0.2, 0.25) is 0 Å². The van der Waals surface area contributed by atoms with Gasteiger partial charge >= 0.3 is 0 Å². The molecule has 0 saturated carbocycles. The summed E-state index contributed by atoms with van der Waals surface area (Å²) in [5.74, 6) is 0.969. The minimum atomic E-state index is 0.826. The van der Waals surface area contributed by atoms with Crippen LogP contribution in [0.3, 0.4) is 0 Å². The number of fused-ring (bicyclic) bond motifs is 1. The zero-order chi connectivity index (χ0) is 14.5. The van der Waals surface area contributed by atoms with Crippen LogP contribution >= 0.6 is 0 Å². The van der Waals surface area contributed by atoms with Gasteiger partial charge in [-0.2, -0.15) is 5.10 Å². The highest BCUT2D eigenvalue weighted by Crippen LogP contribution is 2.18. The summed E-state index contributed by atoms with van der Waals surface area (Å²) in [5, 5.41) is 7.63. The Morgan fingerprint density at radius 3 is 2.90 bits per heavy atom. The van der Waals surface area contributed by atoms with Gasteiger partial charge < -0.3 is 10.2 Å². The van der Waals surface area contributed by atoms with Crippen molar-refractivity contribution in [1.82, 2.24) is 20.0 Å². The van der Waals surface area contributed by atoms with Crippen LogP contribution in [0, 0.1) is 0 Å². The zero-order valence-electron chi connectivity index (χ0n) is 12.4. The minimum absolute atomic E-state index is 0.826. The van der Waals surface area contributed by atoms with E-state index in [-0.39, 0.29) is 0 Å². The molecule has 1 N–H and O–H groups in total. The predicted molar refractivity (Wildman–Crippen MR) is 84.1 cm³/mol. The number of aromatic nitrogens is 2. The molecule has 0 amide bonds. The van der Waals surface area contributed by atoms with Crippen LogP contribution in [-0.4, -0.2) is 40.8 Å². The van der Waals surface area contributed by atoms with E-state index < -0.39 is 0 Å². The van der Waals surface area contributed by atoms with Gasteiger partial charge in [0, 0.05) is 39.1 Å². The standard InChI is InChI=1S/C16H21N5/c1-17-16(18-9-12-21-10-4-8-19-21)20-11-7-14-5-2-3-6-15(14)13-20/h2-6,8,10H,7,9,11-13H2,1H3,(H,17,18). The summed E-state index contributed by atoms with van der Waals surface area (Å²) >= 11 is 0. The van der Waals surface area contributed by atoms with Gasteiger partial charge in [0.25, 0.3) is 0 Å². The maximum absolute atomic E-state index is 4.41. The smallest absolute Gasteiger partial charge is 0.194 e. The molecule has 3 rings (SSSR count). The van der Waals surface area contributed by atoms with E-state index in [0.29, 0.717) is 0 Å². The lowest BCUT2D eigenvalue weighted by atomic mass is 10.0. The number of hydrogen-bond donors (Lipinski definition) is 1. The molecule has 0 saturated heterocycles. The molecular formula is C16H21N5. The van der Waals surface area contributed by atoms with Crippen molar-refractivity contribution >= 4 is 5.96 Å². The summed E-state index contributed by atoms with van der Waals surface area (Å²) in [7, 11) is 1.84. The molecule has 2 aromatic rings. The molecule has 5 heteroatoms. The first-order valence-electron chi connectivity index (χ1n) is 7.36. The highest BCUT2D eigenvalue weighted by atomic mass is 15.3. The fourth-order valence-electron chi connectivity index (χ4n) is 2.72. The fourth-order valence-corrected chi connectivity index (χ4v) is 2.72. The molecule has 1 aliphatic rings. The third kappa shape index (κ3) is 3.24. The Morgan fingerprint density at radius 1 is 1.29 bits per heavy atom. The molecule has 1 aromatic carbocycles. The Morgan fingerprint density at radius 2 is 2.14 bits per heavy atom. The SMILES string of the molecule is CN=C(NCCn1cccn1)N1CCc2ccccc2C1. The van der Waals surface area contributed by atoms with Crippen molar-refractivity contribution < 1.29 is 0 Å². The van der Waals surface area contributed by atoms with E-state index in [1.807, 2.05) is 24.0 Å². The van der Waals surface area contributed by atoms with Crippen LogP contribution in [0.15, 0.2) is 47.7 Å². The van der Waals surface area contributed by atoms with Gasteiger partial charge in [-0.05, 0) is 23.6 Å². The Kier molecular flexibility index (Phi) is 4.19. The first-order chi connectivity index (χ1) is 10.4. The third-order valence-corrected chi connectivity index (χ3v) is 3.83. The zero-order valence-corrected chi connectivity index (χ0v) is 12.4. The molecule has 5 nitrogen and oxygen atoms in total. The monoisotopic (exact) mass is 283 g/mol. The van der Waals surface area contributed by atoms with Gasteiger partial charge in [-0.1, -0.05) is 24.3 Å². The Labute approximate surface area is 125 Å². The van der Waals surface area contributed by atoms with Crippen LogP contribution in [0.5, 0.6) is 0 Å². The third-order valence-electron chi connectivity index (χ3n) is 3.83. The molecular weight excluding hydrogens is 262 g/mol. The van der Waals surface area contributed by atoms with Gasteiger partial charge in [-0.25, -0.2) is 0 Å². The lowest BCUT2D eigenvalue weighted by Crippen LogP contribution is -2.44. The van der Waals surface area contributed by atoms with E-state index in [1.54, 1.807) is 6.20 Å². The molecule has 0 aliphatic carbocycles. The van der Waals surface area contributed by atoms with Crippen LogP contribution in [0.25, 0.3) is 0 Å². The maximum atomic E-state index is 4.41. The molecule has 21 heavy (non-hydrogen) atoms. The van der Waals surface area contributed by atoms with E-state index >= 15 is 0 Å². The number of nitrogens with zero attached hydrogens (tertiary/aromatic N) is 4. The van der Waals surface area contributed by atoms with Crippen molar-refractivity contribution in [2.24, 2.45) is 4.99 Å². The van der Waals surface area contributed by atoms with Crippen molar-refractivity contribution in [2.45, 2.75) is 19.5 Å². The minimum Gasteiger partial charge on any atom is -0.354 e. The topological polar surface area (TPSA) is 45.5 Å². The number of benzene rings is 1. The number of hydrogen-bond acceptors (Lipinski definition) is 2. The summed E-state index contributed by atoms with van der Waals surface area (Å²) < 4.78 is 1.92. The molecule has 0 spiro atoms. The molecule has 0 atom stereocenters. The van der Waals surface area contributed by atoms with Crippen LogP contribution in [-0.2, 0) is 19.5 Å². The van der Waals surface area contributed by atoms with Crippen LogP contribution in [0.2, 0.25) is 0 Å². The first kappa shape index (κ1) is 13.7. The fraction of sp³-hybridized carbons (Fsp3) is 0.375. The van der Waals surface area contributed by atoms with Crippen LogP contribution < -0.4 is 5.32 Å². The van der Waals surface area contributed by atoms with Gasteiger partial charge in [0.15, 0.2) is 5.96 Å². The molecule has 1 aromatic heterocycles. The van der Waals surface area contributed by atoms with Crippen molar-refractivity contribution in [2.75, 3.05) is 20.1 Å². The molecule has 110 valence electrons. The largest absolute Gasteiger partial charge is 0.354 e. The Hall–Kier alpha value is -2.30. The summed E-state index contributed by atoms with van der Waals surface area (Å²) in [6.07, 6.45) is 4.86. The normalized spacial score (nSPS) is 14.9. The van der Waals surface area contributed by atoms with E-state index in [0.717, 1.165) is 38.6 Å².